The number of benzene rings is 1. The molecule has 3 rings (SSSR count). The molecule has 2 N–H and O–H groups in total. The minimum Gasteiger partial charge on any atom is -0.372 e. The van der Waals surface area contributed by atoms with E-state index in [0.29, 0.717) is 5.69 Å². The Balaban J connectivity index is 1.77. The molecule has 4 nitrogen and oxygen atoms in total. The van der Waals surface area contributed by atoms with Crippen LogP contribution in [0, 0.1) is 12.3 Å². The average Bonchev–Trinajstić information content (AvgIpc) is 3.01. The average molecular weight is 344 g/mol. The predicted octanol–water partition coefficient (Wildman–Crippen LogP) is 3.50. The van der Waals surface area contributed by atoms with E-state index in [1.807, 2.05) is 40.9 Å². The lowest BCUT2D eigenvalue weighted by Crippen LogP contribution is -2.32. The van der Waals surface area contributed by atoms with Crippen molar-refractivity contribution in [2.45, 2.75) is 6.18 Å². The maximum atomic E-state index is 12.1. The van der Waals surface area contributed by atoms with Crippen LogP contribution >= 0.6 is 0 Å². The van der Waals surface area contributed by atoms with Gasteiger partial charge in [-0.3, -0.25) is 9.72 Å². The van der Waals surface area contributed by atoms with Crippen LogP contribution in [0.5, 0.6) is 0 Å². The minimum atomic E-state index is -4.22. The van der Waals surface area contributed by atoms with E-state index in [-0.39, 0.29) is 6.67 Å². The molecule has 0 bridgehead atoms. The number of pyridine rings is 1. The highest BCUT2D eigenvalue weighted by atomic mass is 19.4. The molecule has 1 aromatic carbocycles. The van der Waals surface area contributed by atoms with Crippen LogP contribution in [0.1, 0.15) is 5.56 Å². The van der Waals surface area contributed by atoms with Gasteiger partial charge in [0.1, 0.15) is 5.65 Å². The number of hydrogen-bond acceptors (Lipinski definition) is 3. The van der Waals surface area contributed by atoms with Crippen LogP contribution in [-0.4, -0.2) is 28.8 Å². The molecule has 0 aliphatic rings. The summed E-state index contributed by atoms with van der Waals surface area (Å²) >= 11 is 0. The molecule has 0 radical (unpaired) electrons. The van der Waals surface area contributed by atoms with Crippen molar-refractivity contribution in [1.29, 1.82) is 0 Å². The first-order chi connectivity index (χ1) is 12.0. The molecule has 0 saturated heterocycles. The van der Waals surface area contributed by atoms with Crippen molar-refractivity contribution in [3.8, 4) is 23.6 Å². The predicted molar refractivity (Wildman–Crippen MR) is 91.1 cm³/mol. The molecule has 0 aliphatic carbocycles. The first kappa shape index (κ1) is 16.9. The summed E-state index contributed by atoms with van der Waals surface area (Å²) in [5.41, 5.74) is 3.95. The number of rotatable bonds is 5. The molecule has 0 spiro atoms. The highest BCUT2D eigenvalue weighted by Gasteiger charge is 2.25. The standard InChI is InChI=1S/C18H15F3N4/c1-2-13-6-7-25-16(10-23-17(25)8-13)14-4-3-5-15(9-14)24-12-22-11-18(19,20)21/h1,3-10,22,24H,11-12H2. The van der Waals surface area contributed by atoms with Crippen molar-refractivity contribution in [2.75, 3.05) is 18.5 Å². The number of hydrogen-bond donors (Lipinski definition) is 2. The van der Waals surface area contributed by atoms with Crippen LogP contribution in [0.2, 0.25) is 0 Å². The van der Waals surface area contributed by atoms with E-state index in [1.54, 1.807) is 12.3 Å². The molecule has 2 heterocycles. The summed E-state index contributed by atoms with van der Waals surface area (Å²) in [7, 11) is 0. The molecule has 0 atom stereocenters. The van der Waals surface area contributed by atoms with Gasteiger partial charge in [0, 0.05) is 23.0 Å². The fourth-order valence-corrected chi connectivity index (χ4v) is 2.44. The van der Waals surface area contributed by atoms with Crippen LogP contribution in [-0.2, 0) is 0 Å². The van der Waals surface area contributed by atoms with E-state index >= 15 is 0 Å². The lowest BCUT2D eigenvalue weighted by molar-refractivity contribution is -0.124. The second-order valence-corrected chi connectivity index (χ2v) is 5.41. The molecule has 0 fully saturated rings. The van der Waals surface area contributed by atoms with Crippen molar-refractivity contribution in [3.63, 3.8) is 0 Å². The summed E-state index contributed by atoms with van der Waals surface area (Å²) < 4.78 is 38.3. The molecule has 0 unspecified atom stereocenters. The fourth-order valence-electron chi connectivity index (χ4n) is 2.44. The molecular weight excluding hydrogens is 329 g/mol. The van der Waals surface area contributed by atoms with Gasteiger partial charge in [0.05, 0.1) is 25.1 Å². The lowest BCUT2D eigenvalue weighted by Gasteiger charge is -2.11. The largest absolute Gasteiger partial charge is 0.401 e. The Kier molecular flexibility index (Phi) is 4.63. The maximum Gasteiger partial charge on any atom is 0.401 e. The first-order valence-corrected chi connectivity index (χ1v) is 7.52. The number of aromatic nitrogens is 2. The molecule has 0 saturated carbocycles. The Morgan fingerprint density at radius 2 is 2.04 bits per heavy atom. The van der Waals surface area contributed by atoms with Gasteiger partial charge in [-0.15, -0.1) is 6.42 Å². The number of nitrogens with zero attached hydrogens (tertiary/aromatic N) is 2. The highest BCUT2D eigenvalue weighted by Crippen LogP contribution is 2.24. The number of terminal acetylenes is 1. The van der Waals surface area contributed by atoms with Crippen LogP contribution in [0.4, 0.5) is 18.9 Å². The van der Waals surface area contributed by atoms with Crippen molar-refractivity contribution in [1.82, 2.24) is 14.7 Å². The summed E-state index contributed by atoms with van der Waals surface area (Å²) in [5.74, 6) is 2.57. The molecular formula is C18H15F3N4. The number of fused-ring (bicyclic) bond motifs is 1. The van der Waals surface area contributed by atoms with Crippen molar-refractivity contribution in [2.24, 2.45) is 0 Å². The van der Waals surface area contributed by atoms with Gasteiger partial charge in [0.15, 0.2) is 0 Å². The topological polar surface area (TPSA) is 41.4 Å². The molecule has 7 heteroatoms. The van der Waals surface area contributed by atoms with E-state index in [9.17, 15) is 13.2 Å². The van der Waals surface area contributed by atoms with Crippen LogP contribution in [0.3, 0.4) is 0 Å². The first-order valence-electron chi connectivity index (χ1n) is 7.52. The Bertz CT molecular complexity index is 922. The molecule has 128 valence electrons. The molecule has 25 heavy (non-hydrogen) atoms. The van der Waals surface area contributed by atoms with Crippen LogP contribution in [0.15, 0.2) is 48.8 Å². The Labute approximate surface area is 142 Å². The normalized spacial score (nSPS) is 11.4. The SMILES string of the molecule is C#Cc1ccn2c(-c3cccc(NCNCC(F)(F)F)c3)cnc2c1. The number of alkyl halides is 3. The zero-order chi connectivity index (χ0) is 17.9. The van der Waals surface area contributed by atoms with E-state index in [1.165, 1.54) is 0 Å². The van der Waals surface area contributed by atoms with E-state index in [0.717, 1.165) is 22.5 Å². The molecule has 0 amide bonds. The summed E-state index contributed by atoms with van der Waals surface area (Å²) in [6.45, 7) is -1.02. The monoisotopic (exact) mass is 344 g/mol. The number of anilines is 1. The zero-order valence-electron chi connectivity index (χ0n) is 13.1. The second kappa shape index (κ2) is 6.87. The fraction of sp³-hybridized carbons (Fsp3) is 0.167. The van der Waals surface area contributed by atoms with Gasteiger partial charge in [0.2, 0.25) is 0 Å². The maximum absolute atomic E-state index is 12.1. The Morgan fingerprint density at radius 3 is 2.80 bits per heavy atom. The quantitative estimate of drug-likeness (QED) is 0.423. The highest BCUT2D eigenvalue weighted by molar-refractivity contribution is 5.68. The van der Waals surface area contributed by atoms with Gasteiger partial charge < -0.3 is 5.32 Å². The molecule has 0 aliphatic heterocycles. The second-order valence-electron chi connectivity index (χ2n) is 5.41. The third kappa shape index (κ3) is 4.11. The van der Waals surface area contributed by atoms with Crippen molar-refractivity contribution < 1.29 is 13.2 Å². The van der Waals surface area contributed by atoms with Crippen molar-refractivity contribution in [3.05, 3.63) is 54.4 Å². The van der Waals surface area contributed by atoms with Gasteiger partial charge in [-0.1, -0.05) is 18.1 Å². The zero-order valence-corrected chi connectivity index (χ0v) is 13.1. The summed E-state index contributed by atoms with van der Waals surface area (Å²) in [4.78, 5) is 4.35. The van der Waals surface area contributed by atoms with Crippen molar-refractivity contribution >= 4 is 11.3 Å². The van der Waals surface area contributed by atoms with Crippen LogP contribution in [0.25, 0.3) is 16.9 Å². The van der Waals surface area contributed by atoms with E-state index in [2.05, 4.69) is 21.5 Å². The third-order valence-corrected chi connectivity index (χ3v) is 3.58. The number of imidazole rings is 1. The summed E-state index contributed by atoms with van der Waals surface area (Å²) in [6.07, 6.45) is 4.74. The van der Waals surface area contributed by atoms with Gasteiger partial charge in [-0.2, -0.15) is 13.2 Å². The van der Waals surface area contributed by atoms with E-state index in [4.69, 9.17) is 6.42 Å². The third-order valence-electron chi connectivity index (χ3n) is 3.58. The Morgan fingerprint density at radius 1 is 1.20 bits per heavy atom. The minimum absolute atomic E-state index is 0.0155. The van der Waals surface area contributed by atoms with E-state index < -0.39 is 12.7 Å². The molecule has 3 aromatic rings. The number of halogens is 3. The van der Waals surface area contributed by atoms with Gasteiger partial charge in [-0.05, 0) is 24.3 Å². The van der Waals surface area contributed by atoms with Crippen LogP contribution < -0.4 is 10.6 Å². The summed E-state index contributed by atoms with van der Waals surface area (Å²) in [5, 5.41) is 5.22. The van der Waals surface area contributed by atoms with Gasteiger partial charge in [-0.25, -0.2) is 4.98 Å². The Hall–Kier alpha value is -2.98. The summed E-state index contributed by atoms with van der Waals surface area (Å²) in [6, 6.07) is 11.0. The molecule has 2 aromatic heterocycles. The smallest absolute Gasteiger partial charge is 0.372 e. The van der Waals surface area contributed by atoms with Gasteiger partial charge in [0.25, 0.3) is 0 Å². The lowest BCUT2D eigenvalue weighted by atomic mass is 10.1. The number of nitrogens with one attached hydrogen (secondary N) is 2. The van der Waals surface area contributed by atoms with Gasteiger partial charge >= 0.3 is 6.18 Å².